The molecule has 80 valence electrons. The number of amides is 2. The summed E-state index contributed by atoms with van der Waals surface area (Å²) in [6, 6.07) is 7.74. The number of urea groups is 1. The topological polar surface area (TPSA) is 72.3 Å². The van der Waals surface area contributed by atoms with E-state index in [1.165, 1.54) is 11.1 Å². The standard InChI is InChI=1S/C11H15N3O/c12-6-10-5-8-3-1-2-4-9(8)7-14(10)11(13)15/h1-4,10H,5-7,12H2,(H2,13,15). The Bertz CT molecular complexity index is 378. The highest BCUT2D eigenvalue weighted by atomic mass is 16.2. The number of carbonyl (C=O) groups is 1. The van der Waals surface area contributed by atoms with Crippen LogP contribution in [-0.4, -0.2) is 23.5 Å². The predicted octanol–water partition coefficient (Wildman–Crippen LogP) is 0.451. The zero-order valence-corrected chi connectivity index (χ0v) is 8.52. The maximum atomic E-state index is 11.2. The molecule has 0 bridgehead atoms. The van der Waals surface area contributed by atoms with Gasteiger partial charge in [0.25, 0.3) is 0 Å². The molecule has 0 spiro atoms. The molecule has 1 aromatic carbocycles. The first kappa shape index (κ1) is 9.98. The first-order valence-corrected chi connectivity index (χ1v) is 5.05. The fraction of sp³-hybridized carbons (Fsp3) is 0.364. The fourth-order valence-corrected chi connectivity index (χ4v) is 2.06. The number of primary amides is 1. The number of hydrogen-bond acceptors (Lipinski definition) is 2. The summed E-state index contributed by atoms with van der Waals surface area (Å²) in [5.41, 5.74) is 13.4. The first-order chi connectivity index (χ1) is 7.22. The van der Waals surface area contributed by atoms with E-state index in [1.54, 1.807) is 4.90 Å². The minimum atomic E-state index is -0.389. The van der Waals surface area contributed by atoms with Gasteiger partial charge in [0.2, 0.25) is 0 Å². The summed E-state index contributed by atoms with van der Waals surface area (Å²) in [5.74, 6) is 0. The molecule has 0 saturated heterocycles. The highest BCUT2D eigenvalue weighted by molar-refractivity contribution is 5.73. The van der Waals surface area contributed by atoms with Gasteiger partial charge in [0, 0.05) is 13.1 Å². The average molecular weight is 205 g/mol. The van der Waals surface area contributed by atoms with Crippen LogP contribution in [0.15, 0.2) is 24.3 Å². The Morgan fingerprint density at radius 1 is 1.40 bits per heavy atom. The van der Waals surface area contributed by atoms with E-state index in [-0.39, 0.29) is 12.1 Å². The van der Waals surface area contributed by atoms with Crippen LogP contribution in [-0.2, 0) is 13.0 Å². The van der Waals surface area contributed by atoms with Crippen molar-refractivity contribution in [3.05, 3.63) is 35.4 Å². The van der Waals surface area contributed by atoms with Crippen LogP contribution in [0.3, 0.4) is 0 Å². The molecule has 0 fully saturated rings. The predicted molar refractivity (Wildman–Crippen MR) is 58.1 cm³/mol. The lowest BCUT2D eigenvalue weighted by Crippen LogP contribution is -2.50. The molecule has 1 unspecified atom stereocenters. The van der Waals surface area contributed by atoms with Crippen molar-refractivity contribution in [2.45, 2.75) is 19.0 Å². The monoisotopic (exact) mass is 205 g/mol. The quantitative estimate of drug-likeness (QED) is 0.698. The molecule has 1 atom stereocenters. The highest BCUT2D eigenvalue weighted by Crippen LogP contribution is 2.22. The zero-order chi connectivity index (χ0) is 10.8. The van der Waals surface area contributed by atoms with Crippen LogP contribution in [0.5, 0.6) is 0 Å². The van der Waals surface area contributed by atoms with Gasteiger partial charge in [0.05, 0.1) is 6.04 Å². The van der Waals surface area contributed by atoms with Crippen LogP contribution in [0.25, 0.3) is 0 Å². The van der Waals surface area contributed by atoms with E-state index in [1.807, 2.05) is 18.2 Å². The van der Waals surface area contributed by atoms with Crippen LogP contribution < -0.4 is 11.5 Å². The lowest BCUT2D eigenvalue weighted by atomic mass is 9.94. The molecule has 4 heteroatoms. The number of carbonyl (C=O) groups excluding carboxylic acids is 1. The van der Waals surface area contributed by atoms with Gasteiger partial charge in [-0.1, -0.05) is 24.3 Å². The van der Waals surface area contributed by atoms with Gasteiger partial charge in [-0.2, -0.15) is 0 Å². The molecule has 4 N–H and O–H groups in total. The van der Waals surface area contributed by atoms with E-state index in [4.69, 9.17) is 11.5 Å². The Morgan fingerprint density at radius 2 is 2.07 bits per heavy atom. The van der Waals surface area contributed by atoms with Crippen LogP contribution in [0.1, 0.15) is 11.1 Å². The minimum Gasteiger partial charge on any atom is -0.351 e. The van der Waals surface area contributed by atoms with Crippen LogP contribution >= 0.6 is 0 Å². The minimum absolute atomic E-state index is 0.0393. The number of benzene rings is 1. The molecule has 0 radical (unpaired) electrons. The fourth-order valence-electron chi connectivity index (χ4n) is 2.06. The van der Waals surface area contributed by atoms with Gasteiger partial charge in [-0.05, 0) is 17.5 Å². The summed E-state index contributed by atoms with van der Waals surface area (Å²) in [4.78, 5) is 12.9. The van der Waals surface area contributed by atoms with Crippen LogP contribution in [0, 0.1) is 0 Å². The third-order valence-electron chi connectivity index (χ3n) is 2.91. The first-order valence-electron chi connectivity index (χ1n) is 5.05. The normalized spacial score (nSPS) is 19.8. The number of nitrogens with two attached hydrogens (primary N) is 2. The van der Waals surface area contributed by atoms with E-state index in [2.05, 4.69) is 6.07 Å². The molecule has 0 saturated carbocycles. The van der Waals surface area contributed by atoms with Gasteiger partial charge in [0.1, 0.15) is 0 Å². The van der Waals surface area contributed by atoms with E-state index < -0.39 is 0 Å². The largest absolute Gasteiger partial charge is 0.351 e. The third kappa shape index (κ3) is 1.80. The number of nitrogens with zero attached hydrogens (tertiary/aromatic N) is 1. The van der Waals surface area contributed by atoms with E-state index in [9.17, 15) is 4.79 Å². The summed E-state index contributed by atoms with van der Waals surface area (Å²) in [7, 11) is 0. The van der Waals surface area contributed by atoms with Crippen molar-refractivity contribution in [3.63, 3.8) is 0 Å². The molecule has 1 aliphatic rings. The molecule has 0 aliphatic carbocycles. The van der Waals surface area contributed by atoms with Gasteiger partial charge in [0.15, 0.2) is 0 Å². The molecule has 1 heterocycles. The second kappa shape index (κ2) is 3.90. The van der Waals surface area contributed by atoms with Gasteiger partial charge >= 0.3 is 6.03 Å². The lowest BCUT2D eigenvalue weighted by molar-refractivity contribution is 0.174. The Morgan fingerprint density at radius 3 is 2.67 bits per heavy atom. The molecular formula is C11H15N3O. The summed E-state index contributed by atoms with van der Waals surface area (Å²) >= 11 is 0. The molecule has 0 aromatic heterocycles. The molecular weight excluding hydrogens is 190 g/mol. The maximum Gasteiger partial charge on any atom is 0.315 e. The van der Waals surface area contributed by atoms with Crippen molar-refractivity contribution < 1.29 is 4.79 Å². The molecule has 1 aliphatic heterocycles. The van der Waals surface area contributed by atoms with Gasteiger partial charge in [-0.25, -0.2) is 4.79 Å². The Balaban J connectivity index is 2.30. The molecule has 15 heavy (non-hydrogen) atoms. The van der Waals surface area contributed by atoms with Crippen molar-refractivity contribution in [3.8, 4) is 0 Å². The summed E-state index contributed by atoms with van der Waals surface area (Å²) in [6.45, 7) is 1.03. The van der Waals surface area contributed by atoms with Gasteiger partial charge in [-0.3, -0.25) is 0 Å². The zero-order valence-electron chi connectivity index (χ0n) is 8.52. The molecule has 4 nitrogen and oxygen atoms in total. The maximum absolute atomic E-state index is 11.2. The summed E-state index contributed by atoms with van der Waals surface area (Å²) in [6.07, 6.45) is 0.801. The summed E-state index contributed by atoms with van der Waals surface area (Å²) < 4.78 is 0. The molecule has 1 aromatic rings. The lowest BCUT2D eigenvalue weighted by Gasteiger charge is -2.35. The van der Waals surface area contributed by atoms with Gasteiger partial charge < -0.3 is 16.4 Å². The Kier molecular flexibility index (Phi) is 2.60. The second-order valence-electron chi connectivity index (χ2n) is 3.83. The van der Waals surface area contributed by atoms with Crippen molar-refractivity contribution >= 4 is 6.03 Å². The Labute approximate surface area is 88.9 Å². The highest BCUT2D eigenvalue weighted by Gasteiger charge is 2.26. The van der Waals surface area contributed by atoms with Gasteiger partial charge in [-0.15, -0.1) is 0 Å². The van der Waals surface area contributed by atoms with Crippen molar-refractivity contribution in [2.75, 3.05) is 6.54 Å². The summed E-state index contributed by atoms with van der Waals surface area (Å²) in [5, 5.41) is 0. The second-order valence-corrected chi connectivity index (χ2v) is 3.83. The Hall–Kier alpha value is -1.55. The van der Waals surface area contributed by atoms with E-state index >= 15 is 0 Å². The van der Waals surface area contributed by atoms with Crippen molar-refractivity contribution in [1.29, 1.82) is 0 Å². The van der Waals surface area contributed by atoms with Crippen LogP contribution in [0.2, 0.25) is 0 Å². The number of rotatable bonds is 1. The molecule has 2 amide bonds. The molecule has 2 rings (SSSR count). The smallest absolute Gasteiger partial charge is 0.315 e. The number of fused-ring (bicyclic) bond motifs is 1. The number of hydrogen-bond donors (Lipinski definition) is 2. The van der Waals surface area contributed by atoms with Crippen LogP contribution in [0.4, 0.5) is 4.79 Å². The van der Waals surface area contributed by atoms with E-state index in [0.29, 0.717) is 13.1 Å². The van der Waals surface area contributed by atoms with Crippen molar-refractivity contribution in [1.82, 2.24) is 4.90 Å². The average Bonchev–Trinajstić information content (AvgIpc) is 2.27. The SMILES string of the molecule is NCC1Cc2ccccc2CN1C(N)=O. The van der Waals surface area contributed by atoms with E-state index in [0.717, 1.165) is 6.42 Å². The van der Waals surface area contributed by atoms with Crippen molar-refractivity contribution in [2.24, 2.45) is 11.5 Å². The third-order valence-corrected chi connectivity index (χ3v) is 2.91.